The Kier molecular flexibility index (Phi) is 12.3. The van der Waals surface area contributed by atoms with Crippen molar-refractivity contribution in [2.24, 2.45) is 0 Å². The molecule has 0 spiro atoms. The molecule has 0 N–H and O–H groups in total. The number of nitriles is 1. The third-order valence-corrected chi connectivity index (χ3v) is 14.9. The molecule has 4 aromatic heterocycles. The molecule has 402 valence electrons. The Hall–Kier alpha value is -11.1. The van der Waals surface area contributed by atoms with Gasteiger partial charge in [0.05, 0.1) is 44.6 Å². The fourth-order valence-electron chi connectivity index (χ4n) is 11.2. The summed E-state index contributed by atoms with van der Waals surface area (Å²) in [5.41, 5.74) is 0.806. The number of fused-ring (bicyclic) bond motifs is 6. The molecule has 0 aliphatic carbocycles. The molecule has 84 heavy (non-hydrogen) atoms. The Labute approximate surface area is 474 Å². The summed E-state index contributed by atoms with van der Waals surface area (Å²) >= 11 is 0. The van der Waals surface area contributed by atoms with Crippen LogP contribution in [0.25, 0.3) is 134 Å². The van der Waals surface area contributed by atoms with E-state index in [9.17, 15) is 5.26 Å². The highest BCUT2D eigenvalue weighted by atomic mass is 19.4. The van der Waals surface area contributed by atoms with E-state index >= 15 is 26.3 Å². The van der Waals surface area contributed by atoms with Crippen LogP contribution in [0.1, 0.15) is 16.7 Å². The molecular weight excluding hydrogens is 1070 g/mol. The van der Waals surface area contributed by atoms with Gasteiger partial charge in [0.1, 0.15) is 11.6 Å². The van der Waals surface area contributed by atoms with Crippen molar-refractivity contribution in [2.45, 2.75) is 12.4 Å². The number of rotatable bonds is 9. The van der Waals surface area contributed by atoms with E-state index in [1.807, 2.05) is 187 Å². The van der Waals surface area contributed by atoms with E-state index in [4.69, 9.17) is 29.9 Å². The molecule has 4 heterocycles. The molecule has 0 bridgehead atoms. The molecule has 0 atom stereocenters. The highest BCUT2D eigenvalue weighted by Gasteiger charge is 2.42. The summed E-state index contributed by atoms with van der Waals surface area (Å²) in [5, 5.41) is 14.6. The third kappa shape index (κ3) is 8.84. The largest absolute Gasteiger partial charge is 0.417 e. The van der Waals surface area contributed by atoms with Crippen LogP contribution in [0.15, 0.2) is 237 Å². The minimum atomic E-state index is -5.28. The van der Waals surface area contributed by atoms with Gasteiger partial charge in [0.2, 0.25) is 0 Å². The van der Waals surface area contributed by atoms with Crippen molar-refractivity contribution >= 4 is 43.6 Å². The quantitative estimate of drug-likeness (QED) is 0.132. The normalized spacial score (nSPS) is 11.9. The molecule has 0 aliphatic rings. The smallest absolute Gasteiger partial charge is 0.308 e. The van der Waals surface area contributed by atoms with Crippen LogP contribution in [0.3, 0.4) is 0 Å². The second-order valence-electron chi connectivity index (χ2n) is 19.9. The van der Waals surface area contributed by atoms with E-state index < -0.39 is 34.6 Å². The summed E-state index contributed by atoms with van der Waals surface area (Å²) in [6, 6.07) is 70.3. The highest BCUT2D eigenvalue weighted by molar-refractivity contribution is 6.13. The molecule has 0 aliphatic heterocycles. The van der Waals surface area contributed by atoms with Gasteiger partial charge in [0.15, 0.2) is 34.9 Å². The summed E-state index contributed by atoms with van der Waals surface area (Å²) in [4.78, 5) is 29.6. The summed E-state index contributed by atoms with van der Waals surface area (Å²) in [6.07, 6.45) is -10.6. The number of hydrogen-bond donors (Lipinski definition) is 0. The number of hydrogen-bond acceptors (Lipinski definition) is 7. The molecule has 14 rings (SSSR count). The topological polar surface area (TPSA) is 111 Å². The highest BCUT2D eigenvalue weighted by Crippen LogP contribution is 2.50. The molecule has 14 aromatic rings. The fraction of sp³-hybridized carbons (Fsp3) is 0.0290. The van der Waals surface area contributed by atoms with Crippen molar-refractivity contribution < 1.29 is 26.3 Å². The van der Waals surface area contributed by atoms with Crippen LogP contribution in [0.5, 0.6) is 0 Å². The maximum atomic E-state index is 15.6. The molecule has 0 saturated carbocycles. The summed E-state index contributed by atoms with van der Waals surface area (Å²) in [6.45, 7) is 0. The zero-order valence-electron chi connectivity index (χ0n) is 43.8. The maximum Gasteiger partial charge on any atom is 0.417 e. The second kappa shape index (κ2) is 20.2. The third-order valence-electron chi connectivity index (χ3n) is 14.9. The lowest BCUT2D eigenvalue weighted by Crippen LogP contribution is -2.16. The predicted octanol–water partition coefficient (Wildman–Crippen LogP) is 17.8. The molecule has 0 unspecified atom stereocenters. The summed E-state index contributed by atoms with van der Waals surface area (Å²) < 4.78 is 97.1. The van der Waals surface area contributed by atoms with Crippen LogP contribution in [-0.2, 0) is 12.4 Å². The standard InChI is InChI=1S/C69H39F6N9/c70-68(71,72)53-28-17-29-54(69(73,74)75)60(53)51-36-37-57(83-55-30-15-13-26-47(55)49-34-32-45(38-58(49)83)66-79-62(41-18-5-1-6-19-41)77-63(80-66)42-20-7-2-8-21-42)52(40-76)61(51)84-56-31-16-14-27-48(56)50-35-33-46(39-59(50)84)67-81-64(43-22-9-3-10-23-43)78-65(82-67)44-24-11-4-12-25-44/h1-39H. The number of para-hydroxylation sites is 2. The lowest BCUT2D eigenvalue weighted by atomic mass is 9.90. The summed E-state index contributed by atoms with van der Waals surface area (Å²) in [5.74, 6) is 2.13. The van der Waals surface area contributed by atoms with Gasteiger partial charge in [-0.15, -0.1) is 0 Å². The fourth-order valence-corrected chi connectivity index (χ4v) is 11.2. The van der Waals surface area contributed by atoms with Crippen LogP contribution >= 0.6 is 0 Å². The first-order valence-corrected chi connectivity index (χ1v) is 26.6. The zero-order valence-corrected chi connectivity index (χ0v) is 43.8. The van der Waals surface area contributed by atoms with E-state index in [2.05, 4.69) is 6.07 Å². The number of halogens is 6. The minimum absolute atomic E-state index is 0.169. The Bertz CT molecular complexity index is 4790. The molecule has 0 radical (unpaired) electrons. The zero-order chi connectivity index (χ0) is 57.3. The van der Waals surface area contributed by atoms with E-state index in [1.165, 1.54) is 12.1 Å². The monoisotopic (exact) mass is 1110 g/mol. The average molecular weight is 1110 g/mol. The Balaban J connectivity index is 1.08. The van der Waals surface area contributed by atoms with Crippen molar-refractivity contribution in [3.05, 3.63) is 253 Å². The minimum Gasteiger partial charge on any atom is -0.308 e. The first kappa shape index (κ1) is 51.1. The van der Waals surface area contributed by atoms with Crippen LogP contribution in [0.4, 0.5) is 26.3 Å². The van der Waals surface area contributed by atoms with Crippen LogP contribution in [0, 0.1) is 11.3 Å². The molecule has 9 nitrogen and oxygen atoms in total. The number of aromatic nitrogens is 8. The van der Waals surface area contributed by atoms with E-state index in [0.717, 1.165) is 28.0 Å². The van der Waals surface area contributed by atoms with Gasteiger partial charge in [-0.3, -0.25) is 0 Å². The number of benzene rings is 10. The van der Waals surface area contributed by atoms with Gasteiger partial charge in [0, 0.05) is 66.1 Å². The van der Waals surface area contributed by atoms with Gasteiger partial charge in [0.25, 0.3) is 0 Å². The van der Waals surface area contributed by atoms with Gasteiger partial charge in [-0.2, -0.15) is 31.6 Å². The lowest BCUT2D eigenvalue weighted by molar-refractivity contribution is -0.142. The van der Waals surface area contributed by atoms with E-state index in [0.29, 0.717) is 96.3 Å². The molecule has 0 saturated heterocycles. The Morgan fingerprint density at radius 3 is 1.06 bits per heavy atom. The Morgan fingerprint density at radius 2 is 0.667 bits per heavy atom. The number of alkyl halides is 6. The average Bonchev–Trinajstić information content (AvgIpc) is 2.00. The Morgan fingerprint density at radius 1 is 0.321 bits per heavy atom. The number of nitrogens with zero attached hydrogens (tertiary/aromatic N) is 9. The lowest BCUT2D eigenvalue weighted by Gasteiger charge is -2.24. The van der Waals surface area contributed by atoms with Gasteiger partial charge in [-0.25, -0.2) is 29.9 Å². The van der Waals surface area contributed by atoms with Crippen molar-refractivity contribution in [1.29, 1.82) is 5.26 Å². The van der Waals surface area contributed by atoms with Crippen LogP contribution in [-0.4, -0.2) is 39.0 Å². The van der Waals surface area contributed by atoms with Crippen molar-refractivity contribution in [1.82, 2.24) is 39.0 Å². The summed E-state index contributed by atoms with van der Waals surface area (Å²) in [7, 11) is 0. The molecule has 15 heteroatoms. The molecule has 0 amide bonds. The van der Waals surface area contributed by atoms with Gasteiger partial charge < -0.3 is 9.13 Å². The first-order chi connectivity index (χ1) is 40.9. The molecular formula is C69H39F6N9. The van der Waals surface area contributed by atoms with Crippen LogP contribution in [0.2, 0.25) is 0 Å². The van der Waals surface area contributed by atoms with E-state index in [1.54, 1.807) is 28.8 Å². The predicted molar refractivity (Wildman–Crippen MR) is 315 cm³/mol. The SMILES string of the molecule is N#Cc1c(-n2c3ccccc3c3ccc(-c4nc(-c5ccccc5)nc(-c5ccccc5)n4)cc32)ccc(-c2c(C(F)(F)F)cccc2C(F)(F)F)c1-n1c2ccccc2c2ccc(-c3nc(-c4ccccc4)nc(-c4ccccc4)n3)cc21. The molecule has 0 fully saturated rings. The van der Waals surface area contributed by atoms with Crippen molar-refractivity contribution in [3.63, 3.8) is 0 Å². The molecule has 10 aromatic carbocycles. The first-order valence-electron chi connectivity index (χ1n) is 26.6. The van der Waals surface area contributed by atoms with Gasteiger partial charge >= 0.3 is 12.4 Å². The second-order valence-corrected chi connectivity index (χ2v) is 19.9. The van der Waals surface area contributed by atoms with Gasteiger partial charge in [-0.1, -0.05) is 194 Å². The van der Waals surface area contributed by atoms with Gasteiger partial charge in [-0.05, 0) is 42.5 Å². The van der Waals surface area contributed by atoms with E-state index in [-0.39, 0.29) is 22.8 Å². The van der Waals surface area contributed by atoms with Crippen molar-refractivity contribution in [3.8, 4) is 96.9 Å². The van der Waals surface area contributed by atoms with Crippen molar-refractivity contribution in [2.75, 3.05) is 0 Å². The van der Waals surface area contributed by atoms with Crippen LogP contribution < -0.4 is 0 Å². The maximum absolute atomic E-state index is 15.6.